The van der Waals surface area contributed by atoms with Gasteiger partial charge in [-0.25, -0.2) is 0 Å². The summed E-state index contributed by atoms with van der Waals surface area (Å²) in [6, 6.07) is 6.29. The fraction of sp³-hybridized carbons (Fsp3) is 0.333. The highest BCUT2D eigenvalue weighted by Gasteiger charge is 2.37. The molecule has 1 aromatic carbocycles. The normalized spacial score (nSPS) is 13.9. The Morgan fingerprint density at radius 1 is 1.22 bits per heavy atom. The molecule has 0 spiro atoms. The zero-order chi connectivity index (χ0) is 23.1. The zero-order valence-electron chi connectivity index (χ0n) is 17.9. The number of thiophene rings is 1. The summed E-state index contributed by atoms with van der Waals surface area (Å²) in [6.45, 7) is 2.62. The van der Waals surface area contributed by atoms with Gasteiger partial charge in [-0.2, -0.15) is 0 Å². The molecule has 2 amide bonds. The number of primary amides is 1. The maximum Gasteiger partial charge on any atom is 0.305 e. The lowest BCUT2D eigenvalue weighted by atomic mass is 10.1. The number of unbranched alkanes of at least 4 members (excludes halogenated alkanes) is 1. The number of rotatable bonds is 11. The number of nitrogens with two attached hydrogens (primary N) is 1. The third-order valence-electron chi connectivity index (χ3n) is 5.33. The summed E-state index contributed by atoms with van der Waals surface area (Å²) >= 11 is 1.33. The predicted octanol–water partition coefficient (Wildman–Crippen LogP) is 3.66. The second-order valence-corrected chi connectivity index (χ2v) is 8.46. The average Bonchev–Trinajstić information content (AvgIpc) is 3.33. The van der Waals surface area contributed by atoms with Gasteiger partial charge in [-0.3, -0.25) is 19.2 Å². The lowest BCUT2D eigenvalue weighted by Crippen LogP contribution is -2.45. The number of ether oxygens (including phenoxy) is 1. The van der Waals surface area contributed by atoms with Gasteiger partial charge in [0.25, 0.3) is 5.91 Å². The molecule has 1 unspecified atom stereocenters. The number of carbonyl (C=O) groups excluding carboxylic acids is 4. The van der Waals surface area contributed by atoms with Crippen molar-refractivity contribution in [2.75, 3.05) is 6.61 Å². The molecule has 0 saturated heterocycles. The summed E-state index contributed by atoms with van der Waals surface area (Å²) in [7, 11) is 0. The van der Waals surface area contributed by atoms with Crippen LogP contribution in [0.5, 0.6) is 0 Å². The van der Waals surface area contributed by atoms with Gasteiger partial charge in [0, 0.05) is 24.1 Å². The lowest BCUT2D eigenvalue weighted by Gasteiger charge is -2.25. The molecule has 3 rings (SSSR count). The van der Waals surface area contributed by atoms with E-state index in [4.69, 9.17) is 10.5 Å². The third kappa shape index (κ3) is 5.50. The molecule has 168 valence electrons. The van der Waals surface area contributed by atoms with Crippen molar-refractivity contribution in [3.05, 3.63) is 56.8 Å². The summed E-state index contributed by atoms with van der Waals surface area (Å²) in [6.07, 6.45) is 6.47. The SMILES string of the molecule is CCCCOC(=O)CCC(C(N)=O)N1Cc2c(C=Cc3ccc(C=O)cc3)csc2C1=O. The van der Waals surface area contributed by atoms with E-state index >= 15 is 0 Å². The van der Waals surface area contributed by atoms with E-state index in [2.05, 4.69) is 0 Å². The highest BCUT2D eigenvalue weighted by molar-refractivity contribution is 7.12. The van der Waals surface area contributed by atoms with Crippen LogP contribution in [0.2, 0.25) is 0 Å². The van der Waals surface area contributed by atoms with Gasteiger partial charge in [0.2, 0.25) is 5.91 Å². The number of amides is 2. The maximum atomic E-state index is 12.9. The molecule has 8 heteroatoms. The van der Waals surface area contributed by atoms with Crippen LogP contribution in [0.15, 0.2) is 29.6 Å². The number of hydrogen-bond donors (Lipinski definition) is 1. The fourth-order valence-electron chi connectivity index (χ4n) is 3.48. The van der Waals surface area contributed by atoms with Crippen LogP contribution in [0, 0.1) is 0 Å². The molecule has 0 bridgehead atoms. The first-order valence-electron chi connectivity index (χ1n) is 10.5. The molecule has 0 fully saturated rings. The molecule has 1 aromatic heterocycles. The Morgan fingerprint density at radius 3 is 2.59 bits per heavy atom. The van der Waals surface area contributed by atoms with Gasteiger partial charge in [-0.1, -0.05) is 49.8 Å². The van der Waals surface area contributed by atoms with E-state index in [-0.39, 0.29) is 25.3 Å². The highest BCUT2D eigenvalue weighted by Crippen LogP contribution is 2.34. The summed E-state index contributed by atoms with van der Waals surface area (Å²) in [5.41, 5.74) is 8.83. The Kier molecular flexibility index (Phi) is 7.94. The molecule has 0 saturated carbocycles. The Balaban J connectivity index is 1.68. The Morgan fingerprint density at radius 2 is 1.94 bits per heavy atom. The van der Waals surface area contributed by atoms with Crippen molar-refractivity contribution in [1.29, 1.82) is 0 Å². The summed E-state index contributed by atoms with van der Waals surface area (Å²) in [4.78, 5) is 49.7. The quantitative estimate of drug-likeness (QED) is 0.317. The fourth-order valence-corrected chi connectivity index (χ4v) is 4.49. The summed E-state index contributed by atoms with van der Waals surface area (Å²) in [5, 5.41) is 1.90. The third-order valence-corrected chi connectivity index (χ3v) is 6.35. The van der Waals surface area contributed by atoms with Crippen LogP contribution in [-0.2, 0) is 20.9 Å². The van der Waals surface area contributed by atoms with Crippen molar-refractivity contribution in [3.8, 4) is 0 Å². The molecule has 1 aliphatic heterocycles. The van der Waals surface area contributed by atoms with Gasteiger partial charge in [0.1, 0.15) is 12.3 Å². The first-order chi connectivity index (χ1) is 15.4. The number of hydrogen-bond acceptors (Lipinski definition) is 6. The minimum Gasteiger partial charge on any atom is -0.466 e. The maximum absolute atomic E-state index is 12.9. The van der Waals surface area contributed by atoms with E-state index in [9.17, 15) is 19.2 Å². The molecular weight excluding hydrogens is 428 g/mol. The Hall–Kier alpha value is -3.26. The van der Waals surface area contributed by atoms with Crippen molar-refractivity contribution in [1.82, 2.24) is 4.90 Å². The van der Waals surface area contributed by atoms with Gasteiger partial charge in [0.05, 0.1) is 11.5 Å². The lowest BCUT2D eigenvalue weighted by molar-refractivity contribution is -0.144. The smallest absolute Gasteiger partial charge is 0.305 e. The second-order valence-electron chi connectivity index (χ2n) is 7.58. The predicted molar refractivity (Wildman–Crippen MR) is 123 cm³/mol. The van der Waals surface area contributed by atoms with Crippen molar-refractivity contribution in [2.45, 2.75) is 45.2 Å². The molecule has 1 atom stereocenters. The average molecular weight is 455 g/mol. The molecule has 0 radical (unpaired) electrons. The largest absolute Gasteiger partial charge is 0.466 e. The van der Waals surface area contributed by atoms with Crippen LogP contribution >= 0.6 is 11.3 Å². The highest BCUT2D eigenvalue weighted by atomic mass is 32.1. The first-order valence-corrected chi connectivity index (χ1v) is 11.4. The van der Waals surface area contributed by atoms with Crippen LogP contribution in [-0.4, -0.2) is 41.6 Å². The molecule has 1 aliphatic rings. The van der Waals surface area contributed by atoms with E-state index in [1.807, 2.05) is 36.6 Å². The van der Waals surface area contributed by atoms with E-state index in [1.54, 1.807) is 12.1 Å². The van der Waals surface area contributed by atoms with Crippen molar-refractivity contribution >= 4 is 47.6 Å². The van der Waals surface area contributed by atoms with Crippen LogP contribution in [0.3, 0.4) is 0 Å². The van der Waals surface area contributed by atoms with Gasteiger partial charge in [-0.05, 0) is 29.3 Å². The topological polar surface area (TPSA) is 107 Å². The second kappa shape index (κ2) is 10.9. The number of nitrogens with zero attached hydrogens (tertiary/aromatic N) is 1. The minimum absolute atomic E-state index is 0.0261. The molecule has 32 heavy (non-hydrogen) atoms. The van der Waals surface area contributed by atoms with E-state index in [1.165, 1.54) is 16.2 Å². The van der Waals surface area contributed by atoms with E-state index in [0.717, 1.165) is 35.8 Å². The van der Waals surface area contributed by atoms with Crippen molar-refractivity contribution < 1.29 is 23.9 Å². The van der Waals surface area contributed by atoms with E-state index < -0.39 is 17.9 Å². The molecule has 2 heterocycles. The van der Waals surface area contributed by atoms with E-state index in [0.29, 0.717) is 17.0 Å². The molecule has 2 N–H and O–H groups in total. The van der Waals surface area contributed by atoms with Crippen LogP contribution in [0.4, 0.5) is 0 Å². The number of carbonyl (C=O) groups is 4. The van der Waals surface area contributed by atoms with Crippen LogP contribution in [0.25, 0.3) is 12.2 Å². The van der Waals surface area contributed by atoms with Crippen molar-refractivity contribution in [3.63, 3.8) is 0 Å². The van der Waals surface area contributed by atoms with Gasteiger partial charge in [0.15, 0.2) is 0 Å². The Bertz CT molecular complexity index is 1030. The van der Waals surface area contributed by atoms with Gasteiger partial charge < -0.3 is 15.4 Å². The number of benzene rings is 1. The number of esters is 1. The molecular formula is C24H26N2O5S. The standard InChI is InChI=1S/C24H26N2O5S/c1-2-3-12-31-21(28)11-10-20(23(25)29)26-13-19-18(15-32-22(19)24(26)30)9-8-16-4-6-17(14-27)7-5-16/h4-9,14-15,20H,2-3,10-13H2,1H3,(H2,25,29). The van der Waals surface area contributed by atoms with Crippen molar-refractivity contribution in [2.24, 2.45) is 5.73 Å². The first kappa shape index (κ1) is 23.4. The van der Waals surface area contributed by atoms with Gasteiger partial charge in [-0.15, -0.1) is 11.3 Å². The summed E-state index contributed by atoms with van der Waals surface area (Å²) < 4.78 is 5.14. The molecule has 2 aromatic rings. The monoisotopic (exact) mass is 454 g/mol. The Labute approximate surface area is 190 Å². The zero-order valence-corrected chi connectivity index (χ0v) is 18.7. The van der Waals surface area contributed by atoms with Crippen LogP contribution < -0.4 is 5.73 Å². The molecule has 7 nitrogen and oxygen atoms in total. The minimum atomic E-state index is -0.867. The number of aldehydes is 1. The number of fused-ring (bicyclic) bond motifs is 1. The molecule has 0 aliphatic carbocycles. The van der Waals surface area contributed by atoms with Gasteiger partial charge >= 0.3 is 5.97 Å². The van der Waals surface area contributed by atoms with Crippen LogP contribution in [0.1, 0.15) is 69.3 Å². The summed E-state index contributed by atoms with van der Waals surface area (Å²) in [5.74, 6) is -1.28.